The van der Waals surface area contributed by atoms with Crippen LogP contribution >= 0.6 is 0 Å². The molecule has 0 amide bonds. The lowest BCUT2D eigenvalue weighted by atomic mass is 10.5. The highest BCUT2D eigenvalue weighted by atomic mass is 15.4. The summed E-state index contributed by atoms with van der Waals surface area (Å²) in [7, 11) is 1.80. The van der Waals surface area contributed by atoms with E-state index in [0.717, 1.165) is 0 Å². The Morgan fingerprint density at radius 2 is 2.36 bits per heavy atom. The minimum absolute atomic E-state index is 0.145. The van der Waals surface area contributed by atoms with Gasteiger partial charge in [0.15, 0.2) is 16.7 Å². The maximum Gasteiger partial charge on any atom is 0.187 e. The lowest BCUT2D eigenvalue weighted by Crippen LogP contribution is -2.10. The lowest BCUT2D eigenvalue weighted by molar-refractivity contribution is 0.866. The number of fused-ring (bicyclic) bond motifs is 1. The third-order valence-corrected chi connectivity index (χ3v) is 1.45. The molecule has 56 valence electrons. The number of hydrogen-bond acceptors (Lipinski definition) is 4. The third kappa shape index (κ3) is 0.721. The van der Waals surface area contributed by atoms with E-state index >= 15 is 0 Å². The average molecular weight is 150 g/mol. The molecule has 6 heteroatoms. The molecule has 0 unspecified atom stereocenters. The van der Waals surface area contributed by atoms with Gasteiger partial charge in [-0.3, -0.25) is 5.41 Å². The van der Waals surface area contributed by atoms with Crippen molar-refractivity contribution in [2.45, 2.75) is 0 Å². The molecule has 0 saturated carbocycles. The van der Waals surface area contributed by atoms with Crippen LogP contribution in [0.2, 0.25) is 0 Å². The highest BCUT2D eigenvalue weighted by Crippen LogP contribution is 1.96. The van der Waals surface area contributed by atoms with Crippen LogP contribution in [0.25, 0.3) is 11.2 Å². The minimum atomic E-state index is 0.145. The molecule has 6 nitrogen and oxygen atoms in total. The van der Waals surface area contributed by atoms with Crippen LogP contribution in [0.5, 0.6) is 0 Å². The van der Waals surface area contributed by atoms with Gasteiger partial charge in [-0.2, -0.15) is 10.3 Å². The van der Waals surface area contributed by atoms with Crippen LogP contribution in [0.3, 0.4) is 0 Å². The molecule has 0 atom stereocenters. The molecule has 2 heterocycles. The van der Waals surface area contributed by atoms with Crippen molar-refractivity contribution >= 4 is 11.2 Å². The first kappa shape index (κ1) is 6.02. The van der Waals surface area contributed by atoms with Gasteiger partial charge in [0.1, 0.15) is 0 Å². The van der Waals surface area contributed by atoms with Crippen LogP contribution in [-0.4, -0.2) is 25.0 Å². The number of rotatable bonds is 0. The van der Waals surface area contributed by atoms with Gasteiger partial charge in [-0.15, -0.1) is 5.10 Å². The summed E-state index contributed by atoms with van der Waals surface area (Å²) in [5, 5.41) is 17.4. The Labute approximate surface area is 61.4 Å². The van der Waals surface area contributed by atoms with Crippen LogP contribution in [0.4, 0.5) is 0 Å². The molecule has 2 aromatic rings. The second kappa shape index (κ2) is 1.88. The molecule has 0 bridgehead atoms. The topological polar surface area (TPSA) is 83.2 Å². The van der Waals surface area contributed by atoms with Gasteiger partial charge >= 0.3 is 0 Å². The Morgan fingerprint density at radius 1 is 1.55 bits per heavy atom. The molecule has 0 aliphatic carbocycles. The molecule has 2 aromatic heterocycles. The van der Waals surface area contributed by atoms with Crippen molar-refractivity contribution in [3.63, 3.8) is 0 Å². The van der Waals surface area contributed by atoms with Gasteiger partial charge in [-0.05, 0) is 0 Å². The molecular formula is C5H6N6. The second-order valence-electron chi connectivity index (χ2n) is 2.20. The van der Waals surface area contributed by atoms with E-state index in [-0.39, 0.29) is 5.49 Å². The SMILES string of the molecule is Cn1cnc(=N)c2n[nH]nc21. The summed E-state index contributed by atoms with van der Waals surface area (Å²) in [6.45, 7) is 0. The van der Waals surface area contributed by atoms with Crippen molar-refractivity contribution in [1.29, 1.82) is 5.41 Å². The normalized spacial score (nSPS) is 10.6. The van der Waals surface area contributed by atoms with Crippen LogP contribution in [0.1, 0.15) is 0 Å². The fourth-order valence-electron chi connectivity index (χ4n) is 0.890. The van der Waals surface area contributed by atoms with E-state index in [9.17, 15) is 0 Å². The number of nitrogens with one attached hydrogen (secondary N) is 2. The quantitative estimate of drug-likeness (QED) is 0.514. The maximum absolute atomic E-state index is 7.33. The Kier molecular flexibility index (Phi) is 1.03. The second-order valence-corrected chi connectivity index (χ2v) is 2.20. The standard InChI is InChI=1S/C5H6N6/c1-11-2-7-4(6)3-5(11)9-10-8-3/h2,6H,1H3,(H,8,9,10). The highest BCUT2D eigenvalue weighted by Gasteiger charge is 2.01. The van der Waals surface area contributed by atoms with Crippen molar-refractivity contribution in [1.82, 2.24) is 25.0 Å². The first-order chi connectivity index (χ1) is 5.29. The van der Waals surface area contributed by atoms with Gasteiger partial charge in [0.2, 0.25) is 0 Å². The van der Waals surface area contributed by atoms with E-state index in [1.54, 1.807) is 11.6 Å². The Morgan fingerprint density at radius 3 is 3.09 bits per heavy atom. The summed E-state index contributed by atoms with van der Waals surface area (Å²) >= 11 is 0. The van der Waals surface area contributed by atoms with Crippen LogP contribution in [0.15, 0.2) is 6.33 Å². The smallest absolute Gasteiger partial charge is 0.187 e. The van der Waals surface area contributed by atoms with E-state index in [4.69, 9.17) is 5.41 Å². The van der Waals surface area contributed by atoms with E-state index in [2.05, 4.69) is 20.4 Å². The molecule has 2 rings (SSSR count). The van der Waals surface area contributed by atoms with Crippen LogP contribution in [0, 0.1) is 5.41 Å². The molecule has 0 aromatic carbocycles. The number of aromatic nitrogens is 5. The van der Waals surface area contributed by atoms with Gasteiger partial charge in [0, 0.05) is 7.05 Å². The zero-order chi connectivity index (χ0) is 7.84. The van der Waals surface area contributed by atoms with Crippen molar-refractivity contribution in [3.05, 3.63) is 11.8 Å². The van der Waals surface area contributed by atoms with Gasteiger partial charge in [-0.1, -0.05) is 0 Å². The Bertz CT molecular complexity index is 437. The predicted molar refractivity (Wildman–Crippen MR) is 36.5 cm³/mol. The van der Waals surface area contributed by atoms with E-state index < -0.39 is 0 Å². The zero-order valence-electron chi connectivity index (χ0n) is 5.87. The van der Waals surface area contributed by atoms with Gasteiger partial charge in [0.25, 0.3) is 0 Å². The molecule has 2 N–H and O–H groups in total. The third-order valence-electron chi connectivity index (χ3n) is 1.45. The fraction of sp³-hybridized carbons (Fsp3) is 0.200. The summed E-state index contributed by atoms with van der Waals surface area (Å²) in [5.41, 5.74) is 1.28. The van der Waals surface area contributed by atoms with Gasteiger partial charge in [0.05, 0.1) is 6.33 Å². The Hall–Kier alpha value is -1.72. The lowest BCUT2D eigenvalue weighted by Gasteiger charge is -1.93. The Balaban J connectivity index is 3.08. The average Bonchev–Trinajstić information content (AvgIpc) is 2.45. The molecule has 0 fully saturated rings. The summed E-state index contributed by atoms with van der Waals surface area (Å²) in [6, 6.07) is 0. The molecule has 11 heavy (non-hydrogen) atoms. The van der Waals surface area contributed by atoms with E-state index in [1.807, 2.05) is 0 Å². The minimum Gasteiger partial charge on any atom is -0.317 e. The molecule has 0 saturated heterocycles. The van der Waals surface area contributed by atoms with Gasteiger partial charge < -0.3 is 4.57 Å². The molecule has 0 spiro atoms. The molecular weight excluding hydrogens is 144 g/mol. The highest BCUT2D eigenvalue weighted by molar-refractivity contribution is 5.66. The molecule has 0 radical (unpaired) electrons. The number of aromatic amines is 1. The largest absolute Gasteiger partial charge is 0.317 e. The maximum atomic E-state index is 7.33. The summed E-state index contributed by atoms with van der Waals surface area (Å²) in [6.07, 6.45) is 1.53. The van der Waals surface area contributed by atoms with Crippen LogP contribution in [-0.2, 0) is 7.05 Å². The first-order valence-electron chi connectivity index (χ1n) is 3.06. The molecule has 0 aliphatic heterocycles. The van der Waals surface area contributed by atoms with Gasteiger partial charge in [-0.25, -0.2) is 4.98 Å². The monoisotopic (exact) mass is 150 g/mol. The van der Waals surface area contributed by atoms with Crippen molar-refractivity contribution in [2.24, 2.45) is 7.05 Å². The summed E-state index contributed by atoms with van der Waals surface area (Å²) < 4.78 is 1.71. The number of aryl methyl sites for hydroxylation is 1. The number of nitrogens with zero attached hydrogens (tertiary/aromatic N) is 4. The summed E-state index contributed by atoms with van der Waals surface area (Å²) in [5.74, 6) is 0. The predicted octanol–water partition coefficient (Wildman–Crippen LogP) is -0.829. The fourth-order valence-corrected chi connectivity index (χ4v) is 0.890. The van der Waals surface area contributed by atoms with E-state index in [0.29, 0.717) is 11.2 Å². The number of hydrogen-bond donors (Lipinski definition) is 2. The van der Waals surface area contributed by atoms with Crippen molar-refractivity contribution < 1.29 is 0 Å². The molecule has 0 aliphatic rings. The zero-order valence-corrected chi connectivity index (χ0v) is 5.87. The first-order valence-corrected chi connectivity index (χ1v) is 3.06. The number of H-pyrrole nitrogens is 1. The van der Waals surface area contributed by atoms with Crippen LogP contribution < -0.4 is 5.49 Å². The summed E-state index contributed by atoms with van der Waals surface area (Å²) in [4.78, 5) is 3.79. The van der Waals surface area contributed by atoms with E-state index in [1.165, 1.54) is 6.33 Å². The van der Waals surface area contributed by atoms with Crippen molar-refractivity contribution in [2.75, 3.05) is 0 Å². The van der Waals surface area contributed by atoms with Crippen molar-refractivity contribution in [3.8, 4) is 0 Å².